The maximum atomic E-state index is 13.9. The third-order valence-corrected chi connectivity index (χ3v) is 9.50. The van der Waals surface area contributed by atoms with Crippen LogP contribution in [0.1, 0.15) is 92.5 Å². The lowest BCUT2D eigenvalue weighted by atomic mass is 9.88. The fourth-order valence-electron chi connectivity index (χ4n) is 7.00. The molecule has 2 aromatic rings. The lowest BCUT2D eigenvalue weighted by Gasteiger charge is -2.32. The quantitative estimate of drug-likeness (QED) is 0.322. The molecule has 3 atom stereocenters. The van der Waals surface area contributed by atoms with E-state index in [2.05, 4.69) is 26.4 Å². The lowest BCUT2D eigenvalue weighted by Crippen LogP contribution is -2.63. The first-order valence-electron chi connectivity index (χ1n) is 15.4. The Morgan fingerprint density at radius 2 is 1.79 bits per heavy atom. The number of hydrogen-bond acceptors (Lipinski definition) is 5. The largest absolute Gasteiger partial charge is 0.415 e. The van der Waals surface area contributed by atoms with Crippen LogP contribution in [0.3, 0.4) is 0 Å². The van der Waals surface area contributed by atoms with Gasteiger partial charge in [-0.3, -0.25) is 24.4 Å². The Bertz CT molecular complexity index is 1380. The molecular weight excluding hydrogens is 561 g/mol. The van der Waals surface area contributed by atoms with Crippen LogP contribution in [0.2, 0.25) is 0 Å². The minimum atomic E-state index is -4.69. The van der Waals surface area contributed by atoms with Crippen LogP contribution in [0, 0.1) is 17.8 Å². The molecule has 0 radical (unpaired) electrons. The summed E-state index contributed by atoms with van der Waals surface area (Å²) in [5, 5.41) is 15.3. The second-order valence-electron chi connectivity index (χ2n) is 12.9. The lowest BCUT2D eigenvalue weighted by molar-refractivity contribution is -0.196. The van der Waals surface area contributed by atoms with E-state index in [0.29, 0.717) is 36.1 Å². The molecule has 0 spiro atoms. The normalized spacial score (nSPS) is 24.2. The zero-order valence-electron chi connectivity index (χ0n) is 24.5. The van der Waals surface area contributed by atoms with E-state index in [-0.39, 0.29) is 43.2 Å². The Morgan fingerprint density at radius 3 is 2.40 bits per heavy atom. The monoisotopic (exact) mass is 600 g/mol. The Kier molecular flexibility index (Phi) is 7.76. The van der Waals surface area contributed by atoms with Gasteiger partial charge >= 0.3 is 6.18 Å². The molecule has 9 nitrogen and oxygen atoms in total. The maximum Gasteiger partial charge on any atom is 0.415 e. The molecule has 1 aromatic heterocycles. The summed E-state index contributed by atoms with van der Waals surface area (Å²) in [5.74, 6) is -0.807. The van der Waals surface area contributed by atoms with Gasteiger partial charge in [0.2, 0.25) is 11.8 Å². The van der Waals surface area contributed by atoms with Gasteiger partial charge in [0.15, 0.2) is 5.54 Å². The highest BCUT2D eigenvalue weighted by Gasteiger charge is 2.61. The first kappa shape index (κ1) is 29.7. The van der Waals surface area contributed by atoms with Crippen LogP contribution in [-0.4, -0.2) is 51.8 Å². The van der Waals surface area contributed by atoms with Gasteiger partial charge in [-0.25, -0.2) is 0 Å². The molecule has 6 rings (SSSR count). The SMILES string of the molecule is CC(C)n1nccc1C(=O)N[C@H](C(=O)Nc1ccc2c(c1)CC[C@H]2NC(=O)[C@]1(C(F)(F)F)CCCN1)C(C1CC1)C1CC1. The topological polar surface area (TPSA) is 117 Å². The van der Waals surface area contributed by atoms with Crippen LogP contribution < -0.4 is 21.3 Å². The van der Waals surface area contributed by atoms with Crippen molar-refractivity contribution in [3.05, 3.63) is 47.3 Å². The molecule has 1 aromatic carbocycles. The zero-order chi connectivity index (χ0) is 30.5. The van der Waals surface area contributed by atoms with Crippen molar-refractivity contribution in [1.82, 2.24) is 25.7 Å². The highest BCUT2D eigenvalue weighted by molar-refractivity contribution is 6.01. The number of halogens is 3. The second kappa shape index (κ2) is 11.3. The summed E-state index contributed by atoms with van der Waals surface area (Å²) >= 11 is 0. The van der Waals surface area contributed by atoms with Gasteiger partial charge in [0.1, 0.15) is 11.7 Å². The van der Waals surface area contributed by atoms with Gasteiger partial charge in [0.05, 0.1) is 6.04 Å². The third kappa shape index (κ3) is 5.77. The van der Waals surface area contributed by atoms with Crippen molar-refractivity contribution in [2.24, 2.45) is 17.8 Å². The smallest absolute Gasteiger partial charge is 0.347 e. The molecule has 12 heteroatoms. The Morgan fingerprint density at radius 1 is 1.07 bits per heavy atom. The van der Waals surface area contributed by atoms with E-state index in [9.17, 15) is 27.6 Å². The molecule has 2 heterocycles. The predicted octanol–water partition coefficient (Wildman–Crippen LogP) is 4.43. The molecule has 232 valence electrons. The van der Waals surface area contributed by atoms with Crippen LogP contribution in [0.5, 0.6) is 0 Å². The van der Waals surface area contributed by atoms with E-state index in [4.69, 9.17) is 0 Å². The van der Waals surface area contributed by atoms with E-state index >= 15 is 0 Å². The molecule has 2 saturated carbocycles. The number of carbonyl (C=O) groups is 3. The van der Waals surface area contributed by atoms with Crippen molar-refractivity contribution in [2.75, 3.05) is 11.9 Å². The number of alkyl halides is 3. The minimum Gasteiger partial charge on any atom is -0.347 e. The van der Waals surface area contributed by atoms with Gasteiger partial charge in [-0.2, -0.15) is 18.3 Å². The fraction of sp³-hybridized carbons (Fsp3) is 0.613. The third-order valence-electron chi connectivity index (χ3n) is 9.50. The molecule has 4 N–H and O–H groups in total. The predicted molar refractivity (Wildman–Crippen MR) is 153 cm³/mol. The fourth-order valence-corrected chi connectivity index (χ4v) is 7.00. The Labute approximate surface area is 248 Å². The number of aromatic nitrogens is 2. The summed E-state index contributed by atoms with van der Waals surface area (Å²) < 4.78 is 43.2. The van der Waals surface area contributed by atoms with Crippen molar-refractivity contribution in [1.29, 1.82) is 0 Å². The molecule has 0 unspecified atom stereocenters. The summed E-state index contributed by atoms with van der Waals surface area (Å²) in [6.45, 7) is 4.02. The average Bonchev–Trinajstić information content (AvgIpc) is 3.81. The minimum absolute atomic E-state index is 0.0147. The van der Waals surface area contributed by atoms with E-state index in [1.807, 2.05) is 19.9 Å². The Hall–Kier alpha value is -3.41. The van der Waals surface area contributed by atoms with E-state index in [1.54, 1.807) is 29.1 Å². The number of aryl methyl sites for hydroxylation is 1. The Balaban J connectivity index is 1.17. The molecule has 4 aliphatic rings. The van der Waals surface area contributed by atoms with Gasteiger partial charge in [0.25, 0.3) is 5.91 Å². The summed E-state index contributed by atoms with van der Waals surface area (Å²) in [6, 6.07) is 5.69. The molecule has 3 aliphatic carbocycles. The van der Waals surface area contributed by atoms with Crippen molar-refractivity contribution >= 4 is 23.4 Å². The number of hydrogen-bond donors (Lipinski definition) is 4. The second-order valence-corrected chi connectivity index (χ2v) is 12.9. The molecule has 0 bridgehead atoms. The van der Waals surface area contributed by atoms with E-state index in [1.165, 1.54) is 0 Å². The van der Waals surface area contributed by atoms with Crippen molar-refractivity contribution in [3.63, 3.8) is 0 Å². The number of anilines is 1. The summed E-state index contributed by atoms with van der Waals surface area (Å²) in [5.41, 5.74) is 0.0177. The number of nitrogens with one attached hydrogen (secondary N) is 4. The summed E-state index contributed by atoms with van der Waals surface area (Å²) in [4.78, 5) is 40.1. The summed E-state index contributed by atoms with van der Waals surface area (Å²) in [7, 11) is 0. The average molecular weight is 601 g/mol. The zero-order valence-corrected chi connectivity index (χ0v) is 24.5. The molecule has 3 fully saturated rings. The van der Waals surface area contributed by atoms with Crippen LogP contribution in [-0.2, 0) is 16.0 Å². The molecule has 1 aliphatic heterocycles. The van der Waals surface area contributed by atoms with Gasteiger partial charge in [0, 0.05) is 17.9 Å². The first-order valence-corrected chi connectivity index (χ1v) is 15.4. The standard InChI is InChI=1S/C31H39F3N6O3/c1-17(2)40-24(12-15-36-40)27(41)39-26(25(18-4-5-18)19-6-7-19)28(42)37-21-9-10-22-20(16-21)8-11-23(22)38-29(43)30(31(32,33)34)13-3-14-35-30/h9-10,12,15-19,23,25-26,35H,3-8,11,13-14H2,1-2H3,(H,37,42)(H,38,43)(H,39,41)/t23-,26+,30+/m1/s1. The number of nitrogens with zero attached hydrogens (tertiary/aromatic N) is 2. The van der Waals surface area contributed by atoms with E-state index < -0.39 is 29.7 Å². The number of benzene rings is 1. The molecule has 3 amide bonds. The van der Waals surface area contributed by atoms with Crippen molar-refractivity contribution in [2.45, 2.75) is 95.1 Å². The van der Waals surface area contributed by atoms with Crippen molar-refractivity contribution in [3.8, 4) is 0 Å². The number of rotatable bonds is 10. The molecular formula is C31H39F3N6O3. The van der Waals surface area contributed by atoms with Crippen molar-refractivity contribution < 1.29 is 27.6 Å². The van der Waals surface area contributed by atoms with Crippen LogP contribution in [0.25, 0.3) is 0 Å². The van der Waals surface area contributed by atoms with Gasteiger partial charge in [-0.15, -0.1) is 0 Å². The highest BCUT2D eigenvalue weighted by atomic mass is 19.4. The van der Waals surface area contributed by atoms with Gasteiger partial charge in [-0.1, -0.05) is 6.07 Å². The number of carbonyl (C=O) groups excluding carboxylic acids is 3. The van der Waals surface area contributed by atoms with Crippen LogP contribution >= 0.6 is 0 Å². The van der Waals surface area contributed by atoms with Crippen LogP contribution in [0.4, 0.5) is 18.9 Å². The molecule has 43 heavy (non-hydrogen) atoms. The number of amides is 3. The van der Waals surface area contributed by atoms with Gasteiger partial charge in [-0.05, 0) is 119 Å². The first-order chi connectivity index (χ1) is 20.5. The highest BCUT2D eigenvalue weighted by Crippen LogP contribution is 2.51. The van der Waals surface area contributed by atoms with Crippen LogP contribution in [0.15, 0.2) is 30.5 Å². The maximum absolute atomic E-state index is 13.9. The van der Waals surface area contributed by atoms with E-state index in [0.717, 1.165) is 36.8 Å². The number of fused-ring (bicyclic) bond motifs is 1. The van der Waals surface area contributed by atoms with Gasteiger partial charge < -0.3 is 16.0 Å². The molecule has 1 saturated heterocycles. The summed E-state index contributed by atoms with van der Waals surface area (Å²) in [6.07, 6.45) is 2.09.